The Morgan fingerprint density at radius 2 is 2.10 bits per heavy atom. The van der Waals surface area contributed by atoms with Gasteiger partial charge in [-0.3, -0.25) is 4.79 Å². The maximum absolute atomic E-state index is 11.3. The molecule has 0 aromatic rings. The lowest BCUT2D eigenvalue weighted by molar-refractivity contribution is -0.148. The van der Waals surface area contributed by atoms with Crippen LogP contribution in [0.2, 0.25) is 0 Å². The van der Waals surface area contributed by atoms with Crippen molar-refractivity contribution in [2.24, 2.45) is 11.8 Å². The molecule has 4 nitrogen and oxygen atoms in total. The van der Waals surface area contributed by atoms with Crippen molar-refractivity contribution in [3.63, 3.8) is 0 Å². The van der Waals surface area contributed by atoms with E-state index in [9.17, 15) is 9.59 Å². The van der Waals surface area contributed by atoms with Gasteiger partial charge in [-0.2, -0.15) is 0 Å². The molecule has 0 bridgehead atoms. The molecule has 0 amide bonds. The molecule has 0 spiro atoms. The maximum Gasteiger partial charge on any atom is 0.331 e. The second-order valence-electron chi connectivity index (χ2n) is 6.11. The number of carboxylic acids is 1. The third-order valence-electron chi connectivity index (χ3n) is 4.02. The third-order valence-corrected chi connectivity index (χ3v) is 4.02. The van der Waals surface area contributed by atoms with Gasteiger partial charge in [0, 0.05) is 18.4 Å². The Hall–Kier alpha value is -1.58. The van der Waals surface area contributed by atoms with Crippen molar-refractivity contribution in [2.75, 3.05) is 0 Å². The Kier molecular flexibility index (Phi) is 6.66. The van der Waals surface area contributed by atoms with Crippen LogP contribution in [0.15, 0.2) is 23.3 Å². The normalized spacial score (nSPS) is 23.0. The Labute approximate surface area is 126 Å². The number of carbonyl (C=O) groups is 2. The van der Waals surface area contributed by atoms with Crippen LogP contribution in [0.25, 0.3) is 0 Å². The van der Waals surface area contributed by atoms with Gasteiger partial charge in [0.15, 0.2) is 0 Å². The number of esters is 1. The van der Waals surface area contributed by atoms with Gasteiger partial charge in [-0.15, -0.1) is 0 Å². The van der Waals surface area contributed by atoms with E-state index >= 15 is 0 Å². The highest BCUT2D eigenvalue weighted by Gasteiger charge is 2.32. The van der Waals surface area contributed by atoms with Crippen molar-refractivity contribution < 1.29 is 19.4 Å². The summed E-state index contributed by atoms with van der Waals surface area (Å²) < 4.78 is 5.34. The van der Waals surface area contributed by atoms with E-state index in [1.54, 1.807) is 6.08 Å². The molecule has 0 aliphatic heterocycles. The van der Waals surface area contributed by atoms with Gasteiger partial charge in [0.1, 0.15) is 6.10 Å². The largest absolute Gasteiger partial charge is 0.478 e. The summed E-state index contributed by atoms with van der Waals surface area (Å²) >= 11 is 0. The fourth-order valence-corrected chi connectivity index (χ4v) is 2.84. The molecule has 1 rings (SSSR count). The van der Waals surface area contributed by atoms with E-state index in [1.165, 1.54) is 12.5 Å². The number of carboxylic acid groups (broad SMARTS) is 1. The number of ether oxygens (including phenoxy) is 1. The fourth-order valence-electron chi connectivity index (χ4n) is 2.84. The van der Waals surface area contributed by atoms with Crippen molar-refractivity contribution >= 4 is 11.9 Å². The van der Waals surface area contributed by atoms with Crippen molar-refractivity contribution in [1.29, 1.82) is 0 Å². The SMILES string of the molecule is CC(=O)O[C@@H]1C=C(C(=O)O)CC[C@H]1[C@H](C)CCC=C(C)C. The third kappa shape index (κ3) is 5.74. The van der Waals surface area contributed by atoms with Crippen LogP contribution in [0, 0.1) is 11.8 Å². The van der Waals surface area contributed by atoms with Gasteiger partial charge in [-0.1, -0.05) is 18.6 Å². The van der Waals surface area contributed by atoms with Crippen LogP contribution in [-0.4, -0.2) is 23.1 Å². The van der Waals surface area contributed by atoms with Crippen LogP contribution in [0.1, 0.15) is 53.4 Å². The van der Waals surface area contributed by atoms with E-state index in [0.29, 0.717) is 17.9 Å². The first-order chi connectivity index (χ1) is 9.81. The Morgan fingerprint density at radius 3 is 2.62 bits per heavy atom. The Bertz CT molecular complexity index is 444. The van der Waals surface area contributed by atoms with Gasteiger partial charge in [0.25, 0.3) is 0 Å². The van der Waals surface area contributed by atoms with Crippen LogP contribution in [0.5, 0.6) is 0 Å². The van der Waals surface area contributed by atoms with E-state index in [0.717, 1.165) is 19.3 Å². The number of allylic oxidation sites excluding steroid dienone is 2. The lowest BCUT2D eigenvalue weighted by Crippen LogP contribution is -2.33. The molecule has 21 heavy (non-hydrogen) atoms. The molecule has 0 aromatic heterocycles. The molecule has 0 saturated carbocycles. The Morgan fingerprint density at radius 1 is 1.43 bits per heavy atom. The first-order valence-electron chi connectivity index (χ1n) is 7.55. The maximum atomic E-state index is 11.3. The lowest BCUT2D eigenvalue weighted by atomic mass is 9.77. The second kappa shape index (κ2) is 8.01. The molecule has 0 aromatic carbocycles. The van der Waals surface area contributed by atoms with Crippen LogP contribution in [0.3, 0.4) is 0 Å². The molecule has 3 atom stereocenters. The fraction of sp³-hybridized carbons (Fsp3) is 0.647. The van der Waals surface area contributed by atoms with Crippen molar-refractivity contribution in [1.82, 2.24) is 0 Å². The first-order valence-corrected chi connectivity index (χ1v) is 7.55. The number of aliphatic carboxylic acids is 1. The van der Waals surface area contributed by atoms with E-state index in [4.69, 9.17) is 9.84 Å². The van der Waals surface area contributed by atoms with Gasteiger partial charge in [-0.25, -0.2) is 4.79 Å². The Balaban J connectivity index is 2.76. The lowest BCUT2D eigenvalue weighted by Gasteiger charge is -2.33. The second-order valence-corrected chi connectivity index (χ2v) is 6.11. The summed E-state index contributed by atoms with van der Waals surface area (Å²) in [5.74, 6) is -0.689. The number of hydrogen-bond acceptors (Lipinski definition) is 3. The monoisotopic (exact) mass is 294 g/mol. The van der Waals surface area contributed by atoms with Gasteiger partial charge in [-0.05, 0) is 51.5 Å². The van der Waals surface area contributed by atoms with Crippen LogP contribution in [0.4, 0.5) is 0 Å². The summed E-state index contributed by atoms with van der Waals surface area (Å²) in [5.41, 5.74) is 1.66. The predicted octanol–water partition coefficient (Wildman–Crippen LogP) is 3.72. The quantitative estimate of drug-likeness (QED) is 0.599. The smallest absolute Gasteiger partial charge is 0.331 e. The molecule has 0 heterocycles. The first kappa shape index (κ1) is 17.5. The van der Waals surface area contributed by atoms with Crippen molar-refractivity contribution in [2.45, 2.75) is 59.5 Å². The van der Waals surface area contributed by atoms with Gasteiger partial charge < -0.3 is 9.84 Å². The summed E-state index contributed by atoms with van der Waals surface area (Å²) in [6.07, 6.45) is 6.74. The zero-order valence-electron chi connectivity index (χ0n) is 13.4. The molecular weight excluding hydrogens is 268 g/mol. The minimum absolute atomic E-state index is 0.197. The van der Waals surface area contributed by atoms with Gasteiger partial charge in [0.2, 0.25) is 0 Å². The summed E-state index contributed by atoms with van der Waals surface area (Å²) in [4.78, 5) is 22.3. The van der Waals surface area contributed by atoms with Crippen molar-refractivity contribution in [3.8, 4) is 0 Å². The van der Waals surface area contributed by atoms with Crippen LogP contribution in [-0.2, 0) is 14.3 Å². The van der Waals surface area contributed by atoms with Crippen molar-refractivity contribution in [3.05, 3.63) is 23.3 Å². The zero-order valence-corrected chi connectivity index (χ0v) is 13.4. The summed E-state index contributed by atoms with van der Waals surface area (Å²) in [5, 5.41) is 9.10. The molecule has 0 fully saturated rings. The van der Waals surface area contributed by atoms with E-state index in [-0.39, 0.29) is 11.9 Å². The highest BCUT2D eigenvalue weighted by Crippen LogP contribution is 2.34. The molecule has 118 valence electrons. The summed E-state index contributed by atoms with van der Waals surface area (Å²) in [6.45, 7) is 7.68. The number of rotatable bonds is 6. The average Bonchev–Trinajstić information content (AvgIpc) is 2.37. The molecule has 4 heteroatoms. The molecule has 1 N–H and O–H groups in total. The minimum Gasteiger partial charge on any atom is -0.478 e. The van der Waals surface area contributed by atoms with E-state index < -0.39 is 12.1 Å². The minimum atomic E-state index is -0.914. The van der Waals surface area contributed by atoms with E-state index in [2.05, 4.69) is 26.8 Å². The zero-order chi connectivity index (χ0) is 16.0. The number of carbonyl (C=O) groups excluding carboxylic acids is 1. The van der Waals surface area contributed by atoms with Gasteiger partial charge in [0.05, 0.1) is 0 Å². The predicted molar refractivity (Wildman–Crippen MR) is 81.8 cm³/mol. The standard InChI is InChI=1S/C17H26O4/c1-11(2)6-5-7-12(3)15-9-8-14(17(19)20)10-16(15)21-13(4)18/h6,10,12,15-16H,5,7-9H2,1-4H3,(H,19,20)/t12-,15+,16-/m1/s1. The molecular formula is C17H26O4. The highest BCUT2D eigenvalue weighted by atomic mass is 16.5. The molecule has 0 saturated heterocycles. The molecule has 0 radical (unpaired) electrons. The van der Waals surface area contributed by atoms with Crippen LogP contribution < -0.4 is 0 Å². The van der Waals surface area contributed by atoms with Gasteiger partial charge >= 0.3 is 11.9 Å². The average molecular weight is 294 g/mol. The van der Waals surface area contributed by atoms with Crippen LogP contribution >= 0.6 is 0 Å². The molecule has 1 aliphatic rings. The molecule has 0 unspecified atom stereocenters. The summed E-state index contributed by atoms with van der Waals surface area (Å²) in [7, 11) is 0. The summed E-state index contributed by atoms with van der Waals surface area (Å²) in [6, 6.07) is 0. The van der Waals surface area contributed by atoms with E-state index in [1.807, 2.05) is 0 Å². The topological polar surface area (TPSA) is 63.6 Å². The molecule has 1 aliphatic carbocycles. The number of hydrogen-bond donors (Lipinski definition) is 1. The highest BCUT2D eigenvalue weighted by molar-refractivity contribution is 5.86.